The number of alkyl halides is 10. The average Bonchev–Trinajstić information content (AvgIpc) is 1.83. The first-order valence-electron chi connectivity index (χ1n) is 2.58. The molecule has 0 radical (unpaired) electrons. The third-order valence-electron chi connectivity index (χ3n) is 0.495. The van der Waals surface area contributed by atoms with Crippen LogP contribution in [0.1, 0.15) is 1.43 Å². The van der Waals surface area contributed by atoms with Crippen LogP contribution < -0.4 is 18.9 Å². The van der Waals surface area contributed by atoms with Crippen molar-refractivity contribution in [2.75, 3.05) is 0 Å². The van der Waals surface area contributed by atoms with Crippen molar-refractivity contribution in [1.29, 1.82) is 0 Å². The Balaban J connectivity index is -0.0000000800. The van der Waals surface area contributed by atoms with Crippen molar-refractivity contribution in [3.05, 3.63) is 0 Å². The first-order chi connectivity index (χ1) is 5.89. The molecule has 0 saturated carbocycles. The van der Waals surface area contributed by atoms with Crippen molar-refractivity contribution in [1.82, 2.24) is 0 Å². The molecule has 0 N–H and O–H groups in total. The molecule has 0 heterocycles. The van der Waals surface area contributed by atoms with Crippen LogP contribution in [0.2, 0.25) is 0 Å². The normalized spacial score (nSPS) is 12.0. The van der Waals surface area contributed by atoms with Gasteiger partial charge in [0, 0.05) is 0 Å². The Morgan fingerprint density at radius 1 is 0.600 bits per heavy atom. The van der Waals surface area contributed by atoms with Crippen LogP contribution >= 0.6 is 0 Å². The smallest absolute Gasteiger partial charge is 1.00 e. The molecule has 15 heavy (non-hydrogen) atoms. The molecule has 0 atom stereocenters. The molecule has 0 aliphatic heterocycles. The minimum absolute atomic E-state index is 0. The minimum atomic E-state index is -5.33. The van der Waals surface area contributed by atoms with Gasteiger partial charge in [-0.3, -0.25) is 0 Å². The molecule has 0 amide bonds. The van der Waals surface area contributed by atoms with Gasteiger partial charge >= 0.3 is 44.1 Å². The second-order valence-electron chi connectivity index (χ2n) is 1.68. The van der Waals surface area contributed by atoms with Crippen molar-refractivity contribution in [2.24, 2.45) is 0 Å². The van der Waals surface area contributed by atoms with E-state index in [4.69, 9.17) is 0 Å². The zero-order chi connectivity index (χ0) is 12.2. The minimum Gasteiger partial charge on any atom is -1.00 e. The second-order valence-corrected chi connectivity index (χ2v) is 1.68. The molecule has 0 aromatic rings. The Kier molecular flexibility index (Phi) is 9.78. The maximum Gasteiger partial charge on any atom is 1.00 e. The van der Waals surface area contributed by atoms with Gasteiger partial charge in [-0.2, -0.15) is 26.3 Å². The summed E-state index contributed by atoms with van der Waals surface area (Å²) in [4.78, 5) is 0. The summed E-state index contributed by atoms with van der Waals surface area (Å²) in [5.41, 5.74) is 0. The predicted molar refractivity (Wildman–Crippen MR) is 25.2 cm³/mol. The largest absolute Gasteiger partial charge is 1.00 e. The van der Waals surface area contributed by atoms with Gasteiger partial charge < -0.3 is 1.43 Å². The standard InChI is InChI=1S/2C2HF5.Li.H/c2*3-1(4)2(5,6)7;;/h2*1H;;/q;;+1;-1. The molecule has 0 nitrogen and oxygen atoms in total. The molecule has 0 spiro atoms. The van der Waals surface area contributed by atoms with Crippen molar-refractivity contribution < 1.29 is 64.2 Å². The zero-order valence-corrected chi connectivity index (χ0v) is 6.93. The summed E-state index contributed by atoms with van der Waals surface area (Å²) >= 11 is 0. The van der Waals surface area contributed by atoms with E-state index >= 15 is 0 Å². The van der Waals surface area contributed by atoms with E-state index in [-0.39, 0.29) is 20.3 Å². The maximum absolute atomic E-state index is 10.4. The third kappa shape index (κ3) is 13.9. The second kappa shape index (κ2) is 7.22. The van der Waals surface area contributed by atoms with Crippen LogP contribution in [0.5, 0.6) is 0 Å². The van der Waals surface area contributed by atoms with Gasteiger partial charge in [-0.05, 0) is 0 Å². The maximum atomic E-state index is 10.4. The van der Waals surface area contributed by atoms with E-state index in [0.29, 0.717) is 0 Å². The van der Waals surface area contributed by atoms with Crippen molar-refractivity contribution in [3.63, 3.8) is 0 Å². The quantitative estimate of drug-likeness (QED) is 0.438. The fourth-order valence-electron chi connectivity index (χ4n) is 0. The molecule has 0 fully saturated rings. The van der Waals surface area contributed by atoms with E-state index in [9.17, 15) is 43.9 Å². The number of rotatable bonds is 0. The van der Waals surface area contributed by atoms with Crippen LogP contribution in [-0.4, -0.2) is 25.2 Å². The zero-order valence-electron chi connectivity index (χ0n) is 7.93. The summed E-state index contributed by atoms with van der Waals surface area (Å²) in [6.07, 6.45) is -19.1. The summed E-state index contributed by atoms with van der Waals surface area (Å²) in [5, 5.41) is 0. The van der Waals surface area contributed by atoms with E-state index < -0.39 is 25.2 Å². The molecule has 0 rings (SSSR count). The number of hydrogen-bond donors (Lipinski definition) is 0. The molecule has 0 aromatic carbocycles. The molecule has 0 aromatic heterocycles. The van der Waals surface area contributed by atoms with Crippen LogP contribution in [0.25, 0.3) is 0 Å². The summed E-state index contributed by atoms with van der Waals surface area (Å²) in [5.74, 6) is 0. The first kappa shape index (κ1) is 20.3. The molecule has 0 bridgehead atoms. The van der Waals surface area contributed by atoms with Gasteiger partial charge in [0.25, 0.3) is 0 Å². The fourth-order valence-corrected chi connectivity index (χ4v) is 0. The van der Waals surface area contributed by atoms with Crippen LogP contribution in [0.15, 0.2) is 0 Å². The molecule has 0 saturated heterocycles. The van der Waals surface area contributed by atoms with Crippen molar-refractivity contribution in [2.45, 2.75) is 25.2 Å². The van der Waals surface area contributed by atoms with Gasteiger partial charge in [0.1, 0.15) is 0 Å². The van der Waals surface area contributed by atoms with E-state index in [1.54, 1.807) is 0 Å². The fraction of sp³-hybridized carbons (Fsp3) is 1.00. The molecule has 90 valence electrons. The molecular formula is C4H3F10Li. The van der Waals surface area contributed by atoms with Gasteiger partial charge in [-0.1, -0.05) is 0 Å². The Morgan fingerprint density at radius 2 is 0.667 bits per heavy atom. The van der Waals surface area contributed by atoms with Gasteiger partial charge in [-0.25, -0.2) is 17.6 Å². The summed E-state index contributed by atoms with van der Waals surface area (Å²) in [6.45, 7) is 0. The van der Waals surface area contributed by atoms with Gasteiger partial charge in [0.15, 0.2) is 0 Å². The number of halogens is 10. The summed E-state index contributed by atoms with van der Waals surface area (Å²) in [7, 11) is 0. The Hall–Kier alpha value is -0.103. The van der Waals surface area contributed by atoms with E-state index in [0.717, 1.165) is 0 Å². The number of hydrogen-bond acceptors (Lipinski definition) is 0. The molecule has 0 unspecified atom stereocenters. The average molecular weight is 248 g/mol. The van der Waals surface area contributed by atoms with Crippen LogP contribution in [0.4, 0.5) is 43.9 Å². The molecular weight excluding hydrogens is 245 g/mol. The van der Waals surface area contributed by atoms with E-state index in [2.05, 4.69) is 0 Å². The van der Waals surface area contributed by atoms with Gasteiger partial charge in [-0.15, -0.1) is 0 Å². The van der Waals surface area contributed by atoms with E-state index in [1.807, 2.05) is 0 Å². The van der Waals surface area contributed by atoms with Crippen molar-refractivity contribution in [3.8, 4) is 0 Å². The van der Waals surface area contributed by atoms with Crippen LogP contribution in [0, 0.1) is 0 Å². The van der Waals surface area contributed by atoms with Gasteiger partial charge in [0.2, 0.25) is 0 Å². The van der Waals surface area contributed by atoms with E-state index in [1.165, 1.54) is 0 Å². The summed E-state index contributed by atoms with van der Waals surface area (Å²) < 4.78 is 104. The van der Waals surface area contributed by atoms with Crippen LogP contribution in [0.3, 0.4) is 0 Å². The van der Waals surface area contributed by atoms with Gasteiger partial charge in [0.05, 0.1) is 0 Å². The molecule has 11 heteroatoms. The first-order valence-corrected chi connectivity index (χ1v) is 2.58. The Labute approximate surface area is 90.3 Å². The Bertz CT molecular complexity index is 132. The third-order valence-corrected chi connectivity index (χ3v) is 0.495. The monoisotopic (exact) mass is 248 g/mol. The molecule has 0 aliphatic rings. The molecule has 0 aliphatic carbocycles. The Morgan fingerprint density at radius 3 is 0.667 bits per heavy atom. The predicted octanol–water partition coefficient (Wildman–Crippen LogP) is 0.744. The SMILES string of the molecule is FC(F)C(F)(F)F.FC(F)C(F)(F)F.[H-].[Li+]. The van der Waals surface area contributed by atoms with Crippen LogP contribution in [-0.2, 0) is 0 Å². The summed E-state index contributed by atoms with van der Waals surface area (Å²) in [6, 6.07) is 0. The van der Waals surface area contributed by atoms with Crippen molar-refractivity contribution >= 4 is 0 Å². The topological polar surface area (TPSA) is 0 Å².